The fraction of sp³-hybridized carbons (Fsp3) is 0.188. The van der Waals surface area contributed by atoms with E-state index in [0.717, 1.165) is 11.3 Å². The van der Waals surface area contributed by atoms with Crippen LogP contribution in [-0.2, 0) is 0 Å². The SMILES string of the molecule is CCC1(N)N=C(Nc2ccncc2)NC(c2ccccc2)=N1. The van der Waals surface area contributed by atoms with Crippen LogP contribution in [0.1, 0.15) is 18.9 Å². The molecule has 6 heteroatoms. The Morgan fingerprint density at radius 2 is 1.82 bits per heavy atom. The lowest BCUT2D eigenvalue weighted by Crippen LogP contribution is -2.49. The molecule has 0 aliphatic carbocycles. The Hall–Kier alpha value is -2.73. The van der Waals surface area contributed by atoms with Crippen LogP contribution in [-0.4, -0.2) is 22.6 Å². The highest BCUT2D eigenvalue weighted by atomic mass is 15.4. The minimum absolute atomic E-state index is 0.574. The van der Waals surface area contributed by atoms with Gasteiger partial charge in [-0.15, -0.1) is 0 Å². The molecule has 0 radical (unpaired) electrons. The van der Waals surface area contributed by atoms with Gasteiger partial charge in [0.05, 0.1) is 0 Å². The Kier molecular flexibility index (Phi) is 3.84. The topological polar surface area (TPSA) is 87.7 Å². The number of aromatic nitrogens is 1. The highest BCUT2D eigenvalue weighted by Crippen LogP contribution is 2.17. The smallest absolute Gasteiger partial charge is 0.207 e. The van der Waals surface area contributed by atoms with Gasteiger partial charge in [-0.2, -0.15) is 0 Å². The maximum atomic E-state index is 6.26. The predicted molar refractivity (Wildman–Crippen MR) is 88.6 cm³/mol. The largest absolute Gasteiger partial charge is 0.326 e. The Morgan fingerprint density at radius 3 is 2.50 bits per heavy atom. The number of amidine groups is 1. The minimum Gasteiger partial charge on any atom is -0.326 e. The van der Waals surface area contributed by atoms with E-state index in [-0.39, 0.29) is 0 Å². The molecule has 22 heavy (non-hydrogen) atoms. The maximum Gasteiger partial charge on any atom is 0.207 e. The first kappa shape index (κ1) is 14.2. The number of nitrogens with zero attached hydrogens (tertiary/aromatic N) is 3. The molecule has 0 bridgehead atoms. The highest BCUT2D eigenvalue weighted by molar-refractivity contribution is 6.13. The molecule has 0 fully saturated rings. The van der Waals surface area contributed by atoms with Crippen LogP contribution in [0, 0.1) is 0 Å². The Balaban J connectivity index is 1.89. The first-order valence-corrected chi connectivity index (χ1v) is 7.16. The van der Waals surface area contributed by atoms with Gasteiger partial charge in [0.2, 0.25) is 11.7 Å². The van der Waals surface area contributed by atoms with E-state index in [9.17, 15) is 0 Å². The van der Waals surface area contributed by atoms with Crippen molar-refractivity contribution < 1.29 is 0 Å². The average molecular weight is 294 g/mol. The third kappa shape index (κ3) is 3.12. The molecule has 112 valence electrons. The van der Waals surface area contributed by atoms with Crippen molar-refractivity contribution in [1.82, 2.24) is 10.3 Å². The number of nitrogens with two attached hydrogens (primary N) is 1. The lowest BCUT2D eigenvalue weighted by atomic mass is 10.2. The van der Waals surface area contributed by atoms with Crippen LogP contribution in [0.15, 0.2) is 64.8 Å². The van der Waals surface area contributed by atoms with Crippen molar-refractivity contribution in [3.63, 3.8) is 0 Å². The zero-order chi connectivity index (χ0) is 15.4. The number of benzene rings is 1. The van der Waals surface area contributed by atoms with Gasteiger partial charge in [-0.05, 0) is 12.1 Å². The standard InChI is InChI=1S/C16H18N6/c1-2-16(17)21-14(12-6-4-3-5-7-12)20-15(22-16)19-13-8-10-18-11-9-13/h3-11H,2,17H2,1H3,(H2,18,19,20,21,22). The average Bonchev–Trinajstić information content (AvgIpc) is 2.56. The lowest BCUT2D eigenvalue weighted by molar-refractivity contribution is 0.446. The molecule has 1 aliphatic heterocycles. The highest BCUT2D eigenvalue weighted by Gasteiger charge is 2.27. The number of rotatable bonds is 3. The van der Waals surface area contributed by atoms with Crippen LogP contribution in [0.3, 0.4) is 0 Å². The number of pyridine rings is 1. The Labute approximate surface area is 129 Å². The summed E-state index contributed by atoms with van der Waals surface area (Å²) in [6, 6.07) is 13.6. The number of aliphatic imine (C=N–C) groups is 2. The monoisotopic (exact) mass is 294 g/mol. The summed E-state index contributed by atoms with van der Waals surface area (Å²) in [4.78, 5) is 13.0. The van der Waals surface area contributed by atoms with Crippen LogP contribution in [0.4, 0.5) is 5.69 Å². The zero-order valence-corrected chi connectivity index (χ0v) is 12.3. The molecule has 2 aromatic rings. The van der Waals surface area contributed by atoms with Gasteiger partial charge in [0.15, 0.2) is 0 Å². The fourth-order valence-electron chi connectivity index (χ4n) is 2.10. The molecule has 1 atom stereocenters. The molecule has 1 aromatic heterocycles. The number of anilines is 1. The molecular formula is C16H18N6. The second-order valence-corrected chi connectivity index (χ2v) is 5.00. The van der Waals surface area contributed by atoms with Crippen LogP contribution >= 0.6 is 0 Å². The van der Waals surface area contributed by atoms with Gasteiger partial charge in [-0.3, -0.25) is 10.7 Å². The van der Waals surface area contributed by atoms with Crippen molar-refractivity contribution in [2.75, 3.05) is 5.32 Å². The molecule has 0 amide bonds. The Bertz CT molecular complexity index is 695. The number of nitrogens with one attached hydrogen (secondary N) is 2. The van der Waals surface area contributed by atoms with E-state index in [2.05, 4.69) is 25.6 Å². The molecule has 3 rings (SSSR count). The van der Waals surface area contributed by atoms with Crippen molar-refractivity contribution in [1.29, 1.82) is 0 Å². The fourth-order valence-corrected chi connectivity index (χ4v) is 2.10. The third-order valence-corrected chi connectivity index (χ3v) is 3.36. The zero-order valence-electron chi connectivity index (χ0n) is 12.3. The van der Waals surface area contributed by atoms with Gasteiger partial charge in [0.25, 0.3) is 0 Å². The molecule has 1 unspecified atom stereocenters. The summed E-state index contributed by atoms with van der Waals surface area (Å²) in [6.45, 7) is 1.96. The molecule has 2 heterocycles. The molecule has 0 saturated heterocycles. The van der Waals surface area contributed by atoms with Crippen molar-refractivity contribution in [3.8, 4) is 0 Å². The van der Waals surface area contributed by atoms with Crippen molar-refractivity contribution in [2.24, 2.45) is 15.7 Å². The molecule has 0 saturated carbocycles. The van der Waals surface area contributed by atoms with Gasteiger partial charge in [-0.25, -0.2) is 9.98 Å². The van der Waals surface area contributed by atoms with E-state index >= 15 is 0 Å². The summed E-state index contributed by atoms with van der Waals surface area (Å²) in [6.07, 6.45) is 4.04. The number of hydrogen-bond acceptors (Lipinski definition) is 6. The van der Waals surface area contributed by atoms with Crippen LogP contribution < -0.4 is 16.4 Å². The molecule has 1 aliphatic rings. The quantitative estimate of drug-likeness (QED) is 0.807. The summed E-state index contributed by atoms with van der Waals surface area (Å²) in [7, 11) is 0. The van der Waals surface area contributed by atoms with Gasteiger partial charge in [0.1, 0.15) is 5.84 Å². The molecule has 0 spiro atoms. The van der Waals surface area contributed by atoms with E-state index in [1.807, 2.05) is 49.4 Å². The van der Waals surface area contributed by atoms with E-state index in [0.29, 0.717) is 18.2 Å². The van der Waals surface area contributed by atoms with Crippen molar-refractivity contribution in [2.45, 2.75) is 19.1 Å². The second kappa shape index (κ2) is 5.95. The van der Waals surface area contributed by atoms with Crippen LogP contribution in [0.2, 0.25) is 0 Å². The second-order valence-electron chi connectivity index (χ2n) is 5.00. The first-order chi connectivity index (χ1) is 10.7. The number of guanidine groups is 1. The third-order valence-electron chi connectivity index (χ3n) is 3.36. The molecule has 4 N–H and O–H groups in total. The van der Waals surface area contributed by atoms with E-state index in [4.69, 9.17) is 5.73 Å². The predicted octanol–water partition coefficient (Wildman–Crippen LogP) is 1.92. The first-order valence-electron chi connectivity index (χ1n) is 7.16. The molecule has 1 aromatic carbocycles. The molecule has 6 nitrogen and oxygen atoms in total. The summed E-state index contributed by atoms with van der Waals surface area (Å²) in [5, 5.41) is 6.40. The van der Waals surface area contributed by atoms with Crippen LogP contribution in [0.5, 0.6) is 0 Å². The van der Waals surface area contributed by atoms with Crippen molar-refractivity contribution >= 4 is 17.5 Å². The minimum atomic E-state index is -0.966. The molecular weight excluding hydrogens is 276 g/mol. The summed E-state index contributed by atoms with van der Waals surface area (Å²) in [5.74, 6) is 0.312. The van der Waals surface area contributed by atoms with Crippen LogP contribution in [0.25, 0.3) is 0 Å². The van der Waals surface area contributed by atoms with E-state index in [1.54, 1.807) is 12.4 Å². The van der Waals surface area contributed by atoms with Gasteiger partial charge in [0, 0.05) is 30.1 Å². The maximum absolute atomic E-state index is 6.26. The van der Waals surface area contributed by atoms with E-state index < -0.39 is 5.79 Å². The lowest BCUT2D eigenvalue weighted by Gasteiger charge is -2.28. The van der Waals surface area contributed by atoms with E-state index in [1.165, 1.54) is 0 Å². The van der Waals surface area contributed by atoms with Gasteiger partial charge >= 0.3 is 0 Å². The normalized spacial score (nSPS) is 20.6. The van der Waals surface area contributed by atoms with Gasteiger partial charge < -0.3 is 10.6 Å². The van der Waals surface area contributed by atoms with Crippen molar-refractivity contribution in [3.05, 3.63) is 60.4 Å². The Morgan fingerprint density at radius 1 is 1.09 bits per heavy atom. The summed E-state index contributed by atoms with van der Waals surface area (Å²) < 4.78 is 0. The number of hydrogen-bond donors (Lipinski definition) is 3. The summed E-state index contributed by atoms with van der Waals surface area (Å²) in [5.41, 5.74) is 8.11. The summed E-state index contributed by atoms with van der Waals surface area (Å²) >= 11 is 0. The van der Waals surface area contributed by atoms with Gasteiger partial charge in [-0.1, -0.05) is 37.3 Å².